The lowest BCUT2D eigenvalue weighted by atomic mass is 9.82. The van der Waals surface area contributed by atoms with Crippen LogP contribution in [0.5, 0.6) is 5.75 Å². The Bertz CT molecular complexity index is 660. The number of phenols is 1. The Labute approximate surface area is 109 Å². The second-order valence-corrected chi connectivity index (χ2v) is 4.82. The molecule has 3 rings (SSSR count). The van der Waals surface area contributed by atoms with Gasteiger partial charge in [0.15, 0.2) is 0 Å². The number of hydrogen-bond acceptors (Lipinski definition) is 3. The number of fused-ring (bicyclic) bond motifs is 1. The van der Waals surface area contributed by atoms with Gasteiger partial charge in [-0.3, -0.25) is 4.79 Å². The molecule has 19 heavy (non-hydrogen) atoms. The molecule has 1 aliphatic carbocycles. The maximum absolute atomic E-state index is 11.3. The molecule has 1 aromatic heterocycles. The number of carboxylic acid groups (broad SMARTS) is 1. The lowest BCUT2D eigenvalue weighted by Crippen LogP contribution is -2.24. The minimum absolute atomic E-state index is 0.142. The van der Waals surface area contributed by atoms with Crippen LogP contribution in [0, 0.1) is 5.92 Å². The van der Waals surface area contributed by atoms with Gasteiger partial charge in [0.05, 0.1) is 17.0 Å². The summed E-state index contributed by atoms with van der Waals surface area (Å²) in [5.41, 5.74) is 1.47. The van der Waals surface area contributed by atoms with E-state index in [1.807, 2.05) is 12.2 Å². The Kier molecular flexibility index (Phi) is 2.74. The standard InChI is InChI=1S/C14H14N2O3/c17-8-5-6-11-12(7-8)16-13(15-11)9-3-1-2-4-10(9)14(18)19/h1-2,5-7,9-10,17H,3-4H2,(H,15,16)(H,18,19)/t9-,10+/m1/s1. The van der Waals surface area contributed by atoms with Gasteiger partial charge < -0.3 is 15.2 Å². The van der Waals surface area contributed by atoms with E-state index in [-0.39, 0.29) is 11.7 Å². The van der Waals surface area contributed by atoms with Crippen LogP contribution < -0.4 is 0 Å². The summed E-state index contributed by atoms with van der Waals surface area (Å²) >= 11 is 0. The molecular weight excluding hydrogens is 244 g/mol. The van der Waals surface area contributed by atoms with Crippen molar-refractivity contribution in [3.8, 4) is 5.75 Å². The molecule has 2 aromatic rings. The fourth-order valence-corrected chi connectivity index (χ4v) is 2.58. The van der Waals surface area contributed by atoms with Crippen LogP contribution in [0.3, 0.4) is 0 Å². The van der Waals surface area contributed by atoms with Gasteiger partial charge in [-0.25, -0.2) is 4.98 Å². The van der Waals surface area contributed by atoms with Crippen molar-refractivity contribution in [1.82, 2.24) is 9.97 Å². The minimum atomic E-state index is -0.794. The SMILES string of the molecule is O=C(O)[C@H]1CC=CC[C@H]1c1nc2ccc(O)cc2[nH]1. The molecule has 1 aliphatic rings. The van der Waals surface area contributed by atoms with Crippen LogP contribution in [0.1, 0.15) is 24.6 Å². The summed E-state index contributed by atoms with van der Waals surface area (Å²) in [6, 6.07) is 4.89. The third kappa shape index (κ3) is 2.07. The average Bonchev–Trinajstić information content (AvgIpc) is 2.81. The van der Waals surface area contributed by atoms with Crippen molar-refractivity contribution < 1.29 is 15.0 Å². The van der Waals surface area contributed by atoms with E-state index in [0.717, 1.165) is 11.0 Å². The van der Waals surface area contributed by atoms with Crippen LogP contribution in [0.4, 0.5) is 0 Å². The molecule has 2 atom stereocenters. The number of aliphatic carboxylic acids is 1. The maximum Gasteiger partial charge on any atom is 0.307 e. The number of benzene rings is 1. The fraction of sp³-hybridized carbons (Fsp3) is 0.286. The molecule has 3 N–H and O–H groups in total. The summed E-state index contributed by atoms with van der Waals surface area (Å²) in [6.45, 7) is 0. The van der Waals surface area contributed by atoms with Crippen LogP contribution in [-0.4, -0.2) is 26.2 Å². The van der Waals surface area contributed by atoms with Gasteiger partial charge in [-0.2, -0.15) is 0 Å². The molecule has 1 aromatic carbocycles. The first kappa shape index (κ1) is 11.8. The molecule has 5 heteroatoms. The highest BCUT2D eigenvalue weighted by Crippen LogP contribution is 2.34. The number of aromatic nitrogens is 2. The summed E-state index contributed by atoms with van der Waals surface area (Å²) in [5, 5.41) is 18.7. The van der Waals surface area contributed by atoms with E-state index >= 15 is 0 Å². The monoisotopic (exact) mass is 258 g/mol. The van der Waals surface area contributed by atoms with Crippen LogP contribution in [0.25, 0.3) is 11.0 Å². The molecule has 0 unspecified atom stereocenters. The summed E-state index contributed by atoms with van der Waals surface area (Å²) in [7, 11) is 0. The predicted octanol–water partition coefficient (Wildman–Crippen LogP) is 2.40. The van der Waals surface area contributed by atoms with Gasteiger partial charge in [-0.15, -0.1) is 0 Å². The zero-order valence-corrected chi connectivity index (χ0v) is 10.2. The summed E-state index contributed by atoms with van der Waals surface area (Å²) < 4.78 is 0. The number of nitrogens with one attached hydrogen (secondary N) is 1. The topological polar surface area (TPSA) is 86.2 Å². The lowest BCUT2D eigenvalue weighted by Gasteiger charge is -2.23. The van der Waals surface area contributed by atoms with E-state index in [1.165, 1.54) is 0 Å². The fourth-order valence-electron chi connectivity index (χ4n) is 2.58. The number of rotatable bonds is 2. The first-order valence-electron chi connectivity index (χ1n) is 6.21. The maximum atomic E-state index is 11.3. The van der Waals surface area contributed by atoms with Crippen LogP contribution in [-0.2, 0) is 4.79 Å². The van der Waals surface area contributed by atoms with E-state index in [1.54, 1.807) is 18.2 Å². The van der Waals surface area contributed by atoms with Crippen LogP contribution in [0.15, 0.2) is 30.4 Å². The molecule has 0 fully saturated rings. The van der Waals surface area contributed by atoms with Crippen LogP contribution >= 0.6 is 0 Å². The number of allylic oxidation sites excluding steroid dienone is 2. The largest absolute Gasteiger partial charge is 0.508 e. The van der Waals surface area contributed by atoms with Gasteiger partial charge in [-0.05, 0) is 25.0 Å². The first-order valence-corrected chi connectivity index (χ1v) is 6.21. The highest BCUT2D eigenvalue weighted by molar-refractivity contribution is 5.77. The number of imidazole rings is 1. The Morgan fingerprint density at radius 2 is 2.11 bits per heavy atom. The predicted molar refractivity (Wildman–Crippen MR) is 70.0 cm³/mol. The number of carbonyl (C=O) groups is 1. The highest BCUT2D eigenvalue weighted by Gasteiger charge is 2.31. The van der Waals surface area contributed by atoms with Crippen molar-refractivity contribution in [1.29, 1.82) is 0 Å². The molecule has 0 aliphatic heterocycles. The van der Waals surface area contributed by atoms with Crippen molar-refractivity contribution in [2.45, 2.75) is 18.8 Å². The number of aromatic amines is 1. The molecule has 0 amide bonds. The summed E-state index contributed by atoms with van der Waals surface area (Å²) in [4.78, 5) is 18.9. The number of phenolic OH excluding ortho intramolecular Hbond substituents is 1. The number of H-pyrrole nitrogens is 1. The van der Waals surface area contributed by atoms with E-state index in [4.69, 9.17) is 0 Å². The summed E-state index contributed by atoms with van der Waals surface area (Å²) in [6.07, 6.45) is 5.10. The van der Waals surface area contributed by atoms with Gasteiger partial charge in [0.2, 0.25) is 0 Å². The van der Waals surface area contributed by atoms with Crippen molar-refractivity contribution in [2.24, 2.45) is 5.92 Å². The van der Waals surface area contributed by atoms with Gasteiger partial charge in [0.25, 0.3) is 0 Å². The van der Waals surface area contributed by atoms with Crippen molar-refractivity contribution in [2.75, 3.05) is 0 Å². The van der Waals surface area contributed by atoms with E-state index in [2.05, 4.69) is 9.97 Å². The van der Waals surface area contributed by atoms with Crippen molar-refractivity contribution in [3.63, 3.8) is 0 Å². The Morgan fingerprint density at radius 3 is 2.89 bits per heavy atom. The molecule has 0 bridgehead atoms. The normalized spacial score (nSPS) is 22.7. The Morgan fingerprint density at radius 1 is 1.32 bits per heavy atom. The number of hydrogen-bond donors (Lipinski definition) is 3. The smallest absolute Gasteiger partial charge is 0.307 e. The lowest BCUT2D eigenvalue weighted by molar-refractivity contribution is -0.142. The molecule has 0 radical (unpaired) electrons. The van der Waals surface area contributed by atoms with E-state index in [9.17, 15) is 15.0 Å². The molecule has 1 heterocycles. The molecule has 98 valence electrons. The molecule has 0 spiro atoms. The summed E-state index contributed by atoms with van der Waals surface area (Å²) in [5.74, 6) is -0.535. The van der Waals surface area contributed by atoms with E-state index in [0.29, 0.717) is 18.7 Å². The Balaban J connectivity index is 2.02. The molecule has 0 saturated heterocycles. The average molecular weight is 258 g/mol. The minimum Gasteiger partial charge on any atom is -0.508 e. The van der Waals surface area contributed by atoms with Crippen molar-refractivity contribution >= 4 is 17.0 Å². The second kappa shape index (κ2) is 4.42. The molecule has 0 saturated carbocycles. The molecule has 5 nitrogen and oxygen atoms in total. The quantitative estimate of drug-likeness (QED) is 0.722. The van der Waals surface area contributed by atoms with Gasteiger partial charge in [-0.1, -0.05) is 12.2 Å². The highest BCUT2D eigenvalue weighted by atomic mass is 16.4. The molecular formula is C14H14N2O3. The van der Waals surface area contributed by atoms with Gasteiger partial charge in [0, 0.05) is 12.0 Å². The zero-order valence-electron chi connectivity index (χ0n) is 10.2. The number of aromatic hydroxyl groups is 1. The number of nitrogens with zero attached hydrogens (tertiary/aromatic N) is 1. The first-order chi connectivity index (χ1) is 9.15. The third-order valence-corrected chi connectivity index (χ3v) is 3.58. The van der Waals surface area contributed by atoms with Gasteiger partial charge >= 0.3 is 5.97 Å². The van der Waals surface area contributed by atoms with E-state index < -0.39 is 11.9 Å². The zero-order chi connectivity index (χ0) is 13.4. The number of carboxylic acids is 1. The van der Waals surface area contributed by atoms with Crippen LogP contribution in [0.2, 0.25) is 0 Å². The Hall–Kier alpha value is -2.30. The van der Waals surface area contributed by atoms with Gasteiger partial charge in [0.1, 0.15) is 11.6 Å². The second-order valence-electron chi connectivity index (χ2n) is 4.82. The third-order valence-electron chi connectivity index (χ3n) is 3.58. The van der Waals surface area contributed by atoms with Crippen molar-refractivity contribution in [3.05, 3.63) is 36.2 Å².